The molecule has 3 aromatic rings. The number of aromatic nitrogens is 5. The third-order valence-corrected chi connectivity index (χ3v) is 5.07. The number of hydrogen-bond acceptors (Lipinski definition) is 7. The molecule has 1 aliphatic heterocycles. The lowest BCUT2D eigenvalue weighted by molar-refractivity contribution is -0.139. The third-order valence-electron chi connectivity index (χ3n) is 5.07. The van der Waals surface area contributed by atoms with Crippen molar-refractivity contribution in [3.63, 3.8) is 0 Å². The Balaban J connectivity index is 1.52. The highest BCUT2D eigenvalue weighted by Crippen LogP contribution is 2.35. The average Bonchev–Trinajstić information content (AvgIpc) is 3.22. The lowest BCUT2D eigenvalue weighted by Gasteiger charge is -2.23. The SMILES string of the molecule is COc1nc(N2CCCN(C(=O)c3ccccc3-n3nccn3)CC2)ncc1C(F)(F)F. The van der Waals surface area contributed by atoms with E-state index in [0.29, 0.717) is 43.9 Å². The van der Waals surface area contributed by atoms with Crippen molar-refractivity contribution in [2.24, 2.45) is 0 Å². The molecule has 9 nitrogen and oxygen atoms in total. The van der Waals surface area contributed by atoms with Gasteiger partial charge in [-0.25, -0.2) is 4.98 Å². The van der Waals surface area contributed by atoms with Gasteiger partial charge in [0.05, 0.1) is 30.8 Å². The second-order valence-electron chi connectivity index (χ2n) is 7.06. The molecule has 1 aromatic carbocycles. The van der Waals surface area contributed by atoms with Crippen LogP contribution >= 0.6 is 0 Å². The van der Waals surface area contributed by atoms with Gasteiger partial charge >= 0.3 is 6.18 Å². The summed E-state index contributed by atoms with van der Waals surface area (Å²) in [6, 6.07) is 7.05. The van der Waals surface area contributed by atoms with Crippen LogP contribution in [0.1, 0.15) is 22.3 Å². The molecule has 0 atom stereocenters. The Morgan fingerprint density at radius 3 is 2.53 bits per heavy atom. The van der Waals surface area contributed by atoms with E-state index in [9.17, 15) is 18.0 Å². The summed E-state index contributed by atoms with van der Waals surface area (Å²) in [6.07, 6.45) is -0.224. The Hall–Kier alpha value is -3.70. The first-order valence-electron chi connectivity index (χ1n) is 9.86. The molecule has 12 heteroatoms. The van der Waals surface area contributed by atoms with Gasteiger partial charge in [0, 0.05) is 32.4 Å². The standard InChI is InChI=1S/C20H20F3N7O2/c1-32-17-15(20(21,22)23)13-24-19(27-17)29-10-4-9-28(11-12-29)18(31)14-5-2-3-6-16(14)30-25-7-8-26-30/h2-3,5-8,13H,4,9-12H2,1H3. The van der Waals surface area contributed by atoms with Gasteiger partial charge in [0.2, 0.25) is 11.8 Å². The molecule has 0 radical (unpaired) electrons. The van der Waals surface area contributed by atoms with E-state index in [1.807, 2.05) is 0 Å². The minimum atomic E-state index is -4.61. The van der Waals surface area contributed by atoms with E-state index < -0.39 is 17.6 Å². The second kappa shape index (κ2) is 8.81. The van der Waals surface area contributed by atoms with E-state index in [-0.39, 0.29) is 11.9 Å². The van der Waals surface area contributed by atoms with Crippen molar-refractivity contribution in [1.82, 2.24) is 29.9 Å². The molecule has 1 amide bonds. The smallest absolute Gasteiger partial charge is 0.423 e. The van der Waals surface area contributed by atoms with E-state index in [2.05, 4.69) is 20.2 Å². The lowest BCUT2D eigenvalue weighted by atomic mass is 10.1. The number of rotatable bonds is 4. The van der Waals surface area contributed by atoms with Gasteiger partial charge in [-0.05, 0) is 18.6 Å². The van der Waals surface area contributed by atoms with Crippen LogP contribution in [0.15, 0.2) is 42.9 Å². The third kappa shape index (κ3) is 4.34. The van der Waals surface area contributed by atoms with E-state index in [1.165, 1.54) is 17.2 Å². The summed E-state index contributed by atoms with van der Waals surface area (Å²) >= 11 is 0. The number of halogens is 3. The Kier molecular flexibility index (Phi) is 5.93. The molecule has 0 aliphatic carbocycles. The molecule has 0 spiro atoms. The summed E-state index contributed by atoms with van der Waals surface area (Å²) in [5, 5.41) is 8.21. The fourth-order valence-corrected chi connectivity index (χ4v) is 3.52. The van der Waals surface area contributed by atoms with Crippen molar-refractivity contribution in [3.8, 4) is 11.6 Å². The topological polar surface area (TPSA) is 89.3 Å². The van der Waals surface area contributed by atoms with Gasteiger partial charge in [-0.2, -0.15) is 33.1 Å². The molecule has 1 saturated heterocycles. The first-order chi connectivity index (χ1) is 15.4. The van der Waals surface area contributed by atoms with Crippen molar-refractivity contribution in [3.05, 3.63) is 54.0 Å². The molecular weight excluding hydrogens is 427 g/mol. The predicted octanol–water partition coefficient (Wildman–Crippen LogP) is 2.44. The molecule has 2 aromatic heterocycles. The number of benzene rings is 1. The quantitative estimate of drug-likeness (QED) is 0.607. The highest BCUT2D eigenvalue weighted by atomic mass is 19.4. The molecule has 32 heavy (non-hydrogen) atoms. The van der Waals surface area contributed by atoms with Crippen molar-refractivity contribution < 1.29 is 22.7 Å². The summed E-state index contributed by atoms with van der Waals surface area (Å²) in [7, 11) is 1.14. The number of ether oxygens (including phenoxy) is 1. The molecule has 168 valence electrons. The number of hydrogen-bond donors (Lipinski definition) is 0. The molecule has 0 unspecified atom stereocenters. The van der Waals surface area contributed by atoms with Crippen molar-refractivity contribution in [2.45, 2.75) is 12.6 Å². The largest absolute Gasteiger partial charge is 0.480 e. The fourth-order valence-electron chi connectivity index (χ4n) is 3.52. The zero-order valence-electron chi connectivity index (χ0n) is 17.2. The molecule has 1 fully saturated rings. The van der Waals surface area contributed by atoms with Crippen LogP contribution in [0.2, 0.25) is 0 Å². The van der Waals surface area contributed by atoms with Crippen LogP contribution in [0, 0.1) is 0 Å². The van der Waals surface area contributed by atoms with Crippen LogP contribution in [0.25, 0.3) is 5.69 Å². The number of alkyl halides is 3. The number of amides is 1. The van der Waals surface area contributed by atoms with Gasteiger partial charge in [-0.15, -0.1) is 0 Å². The molecule has 1 aliphatic rings. The molecule has 0 N–H and O–H groups in total. The van der Waals surface area contributed by atoms with Crippen LogP contribution < -0.4 is 9.64 Å². The van der Waals surface area contributed by atoms with Gasteiger partial charge in [-0.1, -0.05) is 12.1 Å². The Labute approximate surface area is 181 Å². The minimum absolute atomic E-state index is 0.130. The van der Waals surface area contributed by atoms with Gasteiger partial charge < -0.3 is 14.5 Å². The predicted molar refractivity (Wildman–Crippen MR) is 108 cm³/mol. The molecular formula is C20H20F3N7O2. The zero-order valence-corrected chi connectivity index (χ0v) is 17.2. The minimum Gasteiger partial charge on any atom is -0.480 e. The monoisotopic (exact) mass is 447 g/mol. The van der Waals surface area contributed by atoms with Crippen LogP contribution in [0.3, 0.4) is 0 Å². The molecule has 0 saturated carbocycles. The average molecular weight is 447 g/mol. The summed E-state index contributed by atoms with van der Waals surface area (Å²) < 4.78 is 44.1. The Morgan fingerprint density at radius 1 is 1.06 bits per heavy atom. The van der Waals surface area contributed by atoms with Gasteiger partial charge in [0.15, 0.2) is 0 Å². The Bertz CT molecular complexity index is 1090. The fraction of sp³-hybridized carbons (Fsp3) is 0.350. The Morgan fingerprint density at radius 2 is 1.81 bits per heavy atom. The van der Waals surface area contributed by atoms with Crippen molar-refractivity contribution in [2.75, 3.05) is 38.2 Å². The van der Waals surface area contributed by atoms with Crippen LogP contribution in [0.4, 0.5) is 19.1 Å². The summed E-state index contributed by atoms with van der Waals surface area (Å²) in [6.45, 7) is 1.68. The number of methoxy groups -OCH3 is 1. The molecule has 4 rings (SSSR count). The zero-order chi connectivity index (χ0) is 22.7. The van der Waals surface area contributed by atoms with E-state index >= 15 is 0 Å². The maximum atomic E-state index is 13.2. The highest BCUT2D eigenvalue weighted by molar-refractivity contribution is 5.97. The highest BCUT2D eigenvalue weighted by Gasteiger charge is 2.36. The van der Waals surface area contributed by atoms with Crippen molar-refractivity contribution >= 4 is 11.9 Å². The number of carbonyl (C=O) groups excluding carboxylic acids is 1. The number of nitrogens with zero attached hydrogens (tertiary/aromatic N) is 7. The van der Waals surface area contributed by atoms with E-state index in [0.717, 1.165) is 13.3 Å². The van der Waals surface area contributed by atoms with E-state index in [1.54, 1.807) is 34.1 Å². The number of para-hydroxylation sites is 1. The van der Waals surface area contributed by atoms with Gasteiger partial charge in [-0.3, -0.25) is 4.79 Å². The first-order valence-corrected chi connectivity index (χ1v) is 9.86. The van der Waals surface area contributed by atoms with Gasteiger partial charge in [0.25, 0.3) is 5.91 Å². The van der Waals surface area contributed by atoms with Crippen LogP contribution in [-0.2, 0) is 6.18 Å². The summed E-state index contributed by atoms with van der Waals surface area (Å²) in [5.41, 5.74) is 0.00299. The maximum Gasteiger partial charge on any atom is 0.423 e. The lowest BCUT2D eigenvalue weighted by Crippen LogP contribution is -2.36. The summed E-state index contributed by atoms with van der Waals surface area (Å²) in [5.74, 6) is -0.573. The molecule has 0 bridgehead atoms. The van der Waals surface area contributed by atoms with Crippen LogP contribution in [-0.4, -0.2) is 69.1 Å². The maximum absolute atomic E-state index is 13.2. The number of carbonyl (C=O) groups is 1. The summed E-state index contributed by atoms with van der Waals surface area (Å²) in [4.78, 5) is 25.9. The second-order valence-corrected chi connectivity index (χ2v) is 7.06. The first kappa shape index (κ1) is 21.5. The van der Waals surface area contributed by atoms with Crippen LogP contribution in [0.5, 0.6) is 5.88 Å². The van der Waals surface area contributed by atoms with Gasteiger partial charge in [0.1, 0.15) is 5.56 Å². The normalized spacial score (nSPS) is 14.9. The van der Waals surface area contributed by atoms with E-state index in [4.69, 9.17) is 4.74 Å². The number of anilines is 1. The molecule has 3 heterocycles. The van der Waals surface area contributed by atoms with Crippen molar-refractivity contribution in [1.29, 1.82) is 0 Å².